The van der Waals surface area contributed by atoms with Crippen LogP contribution in [0.2, 0.25) is 5.02 Å². The molecule has 0 spiro atoms. The number of thiazole rings is 1. The number of methoxy groups -OCH3 is 1. The largest absolute Gasteiger partial charge is 0.383 e. The van der Waals surface area contributed by atoms with Crippen molar-refractivity contribution in [3.05, 3.63) is 45.9 Å². The number of aromatic nitrogens is 1. The van der Waals surface area contributed by atoms with Gasteiger partial charge in [-0.15, -0.1) is 11.3 Å². The SMILES string of the molecule is COCCN(C)Cc1csc(NC(=O)NCc2cccc(Cl)c2)n1. The third-order valence-corrected chi connectivity index (χ3v) is 4.26. The molecule has 0 radical (unpaired) electrons. The lowest BCUT2D eigenvalue weighted by Crippen LogP contribution is -2.28. The molecule has 0 atom stereocenters. The number of likely N-dealkylation sites (N-methyl/N-ethyl adjacent to an activating group) is 1. The number of hydrogen-bond acceptors (Lipinski definition) is 5. The molecule has 6 nitrogen and oxygen atoms in total. The van der Waals surface area contributed by atoms with Gasteiger partial charge < -0.3 is 10.1 Å². The summed E-state index contributed by atoms with van der Waals surface area (Å²) >= 11 is 7.32. The Morgan fingerprint density at radius 3 is 3.04 bits per heavy atom. The summed E-state index contributed by atoms with van der Waals surface area (Å²) in [6, 6.07) is 7.09. The molecule has 1 aromatic carbocycles. The molecule has 2 aromatic rings. The van der Waals surface area contributed by atoms with Gasteiger partial charge in [-0.2, -0.15) is 0 Å². The van der Waals surface area contributed by atoms with Gasteiger partial charge in [0, 0.05) is 37.1 Å². The molecule has 0 aliphatic heterocycles. The molecular weight excluding hydrogens is 348 g/mol. The van der Waals surface area contributed by atoms with Crippen LogP contribution in [0, 0.1) is 0 Å². The second-order valence-corrected chi connectivity index (χ2v) is 6.61. The minimum absolute atomic E-state index is 0.288. The van der Waals surface area contributed by atoms with Gasteiger partial charge in [-0.3, -0.25) is 10.2 Å². The van der Waals surface area contributed by atoms with Crippen LogP contribution in [0.4, 0.5) is 9.93 Å². The van der Waals surface area contributed by atoms with Crippen LogP contribution in [0.25, 0.3) is 0 Å². The van der Waals surface area contributed by atoms with Gasteiger partial charge in [-0.25, -0.2) is 9.78 Å². The lowest BCUT2D eigenvalue weighted by atomic mass is 10.2. The summed E-state index contributed by atoms with van der Waals surface area (Å²) in [5.74, 6) is 0. The first-order valence-electron chi connectivity index (χ1n) is 7.48. The Hall–Kier alpha value is -1.67. The van der Waals surface area contributed by atoms with Crippen LogP contribution >= 0.6 is 22.9 Å². The van der Waals surface area contributed by atoms with Crippen molar-refractivity contribution in [1.29, 1.82) is 0 Å². The van der Waals surface area contributed by atoms with Crippen LogP contribution in [-0.4, -0.2) is 43.2 Å². The fraction of sp³-hybridized carbons (Fsp3) is 0.375. The average Bonchev–Trinajstić information content (AvgIpc) is 2.98. The van der Waals surface area contributed by atoms with Gasteiger partial charge in [0.2, 0.25) is 0 Å². The van der Waals surface area contributed by atoms with Crippen molar-refractivity contribution >= 4 is 34.1 Å². The third kappa shape index (κ3) is 6.45. The van der Waals surface area contributed by atoms with E-state index in [0.717, 1.165) is 17.8 Å². The lowest BCUT2D eigenvalue weighted by Gasteiger charge is -2.13. The smallest absolute Gasteiger partial charge is 0.321 e. The van der Waals surface area contributed by atoms with Gasteiger partial charge >= 0.3 is 6.03 Å². The first-order valence-corrected chi connectivity index (χ1v) is 8.74. The first-order chi connectivity index (χ1) is 11.6. The zero-order valence-corrected chi connectivity index (χ0v) is 15.3. The number of anilines is 1. The van der Waals surface area contributed by atoms with Crippen molar-refractivity contribution in [2.24, 2.45) is 0 Å². The van der Waals surface area contributed by atoms with Crippen LogP contribution in [0.15, 0.2) is 29.6 Å². The molecule has 1 heterocycles. The number of nitrogens with zero attached hydrogens (tertiary/aromatic N) is 2. The van der Waals surface area contributed by atoms with Crippen LogP contribution in [0.1, 0.15) is 11.3 Å². The van der Waals surface area contributed by atoms with Crippen molar-refractivity contribution in [3.8, 4) is 0 Å². The number of carbonyl (C=O) groups is 1. The highest BCUT2D eigenvalue weighted by Gasteiger charge is 2.08. The summed E-state index contributed by atoms with van der Waals surface area (Å²) in [7, 11) is 3.68. The molecule has 24 heavy (non-hydrogen) atoms. The summed E-state index contributed by atoms with van der Waals surface area (Å²) in [6.45, 7) is 2.63. The number of urea groups is 1. The molecule has 0 aliphatic carbocycles. The van der Waals surface area contributed by atoms with Crippen LogP contribution in [-0.2, 0) is 17.8 Å². The van der Waals surface area contributed by atoms with Gasteiger partial charge in [0.15, 0.2) is 5.13 Å². The molecule has 0 unspecified atom stereocenters. The number of hydrogen-bond donors (Lipinski definition) is 2. The average molecular weight is 369 g/mol. The molecule has 0 saturated heterocycles. The number of rotatable bonds is 8. The zero-order valence-electron chi connectivity index (χ0n) is 13.7. The second-order valence-electron chi connectivity index (χ2n) is 5.31. The second kappa shape index (κ2) is 9.58. The predicted octanol–water partition coefficient (Wildman–Crippen LogP) is 3.20. The number of nitrogens with one attached hydrogen (secondary N) is 2. The van der Waals surface area contributed by atoms with E-state index in [1.807, 2.05) is 30.6 Å². The Morgan fingerprint density at radius 2 is 2.29 bits per heavy atom. The van der Waals surface area contributed by atoms with E-state index in [9.17, 15) is 4.79 Å². The predicted molar refractivity (Wildman–Crippen MR) is 97.6 cm³/mol. The van der Waals surface area contributed by atoms with Crippen molar-refractivity contribution in [2.45, 2.75) is 13.1 Å². The van der Waals surface area contributed by atoms with Crippen molar-refractivity contribution in [3.63, 3.8) is 0 Å². The normalized spacial score (nSPS) is 10.8. The van der Waals surface area contributed by atoms with Crippen LogP contribution < -0.4 is 10.6 Å². The molecule has 8 heteroatoms. The van der Waals surface area contributed by atoms with E-state index >= 15 is 0 Å². The van der Waals surface area contributed by atoms with E-state index in [0.29, 0.717) is 29.9 Å². The number of halogens is 1. The van der Waals surface area contributed by atoms with Gasteiger partial charge in [0.05, 0.1) is 12.3 Å². The Kier molecular flexibility index (Phi) is 7.45. The highest BCUT2D eigenvalue weighted by molar-refractivity contribution is 7.13. The van der Waals surface area contributed by atoms with Gasteiger partial charge in [-0.05, 0) is 24.7 Å². The quantitative estimate of drug-likeness (QED) is 0.751. The molecule has 1 aromatic heterocycles. The number of benzene rings is 1. The Balaban J connectivity index is 1.78. The van der Waals surface area contributed by atoms with Crippen molar-refractivity contribution in [1.82, 2.24) is 15.2 Å². The van der Waals surface area contributed by atoms with Crippen LogP contribution in [0.5, 0.6) is 0 Å². The maximum Gasteiger partial charge on any atom is 0.321 e. The number of carbonyl (C=O) groups excluding carboxylic acids is 1. The molecular formula is C16H21ClN4O2S. The standard InChI is InChI=1S/C16H21ClN4O2S/c1-21(6-7-23-2)10-14-11-24-16(19-14)20-15(22)18-9-12-4-3-5-13(17)8-12/h3-5,8,11H,6-7,9-10H2,1-2H3,(H2,18,19,20,22). The molecule has 0 saturated carbocycles. The van der Waals surface area contributed by atoms with E-state index in [1.54, 1.807) is 13.2 Å². The van der Waals surface area contributed by atoms with Gasteiger partial charge in [0.25, 0.3) is 0 Å². The molecule has 2 N–H and O–H groups in total. The topological polar surface area (TPSA) is 66.5 Å². The number of amides is 2. The fourth-order valence-electron chi connectivity index (χ4n) is 2.01. The van der Waals surface area contributed by atoms with Crippen molar-refractivity contribution in [2.75, 3.05) is 32.6 Å². The summed E-state index contributed by atoms with van der Waals surface area (Å²) in [6.07, 6.45) is 0. The monoisotopic (exact) mass is 368 g/mol. The van der Waals surface area contributed by atoms with E-state index in [1.165, 1.54) is 11.3 Å². The number of ether oxygens (including phenoxy) is 1. The van der Waals surface area contributed by atoms with Gasteiger partial charge in [0.1, 0.15) is 0 Å². The summed E-state index contributed by atoms with van der Waals surface area (Å²) in [5, 5.41) is 8.70. The van der Waals surface area contributed by atoms with E-state index in [4.69, 9.17) is 16.3 Å². The van der Waals surface area contributed by atoms with E-state index in [2.05, 4.69) is 20.5 Å². The molecule has 130 valence electrons. The zero-order chi connectivity index (χ0) is 17.4. The third-order valence-electron chi connectivity index (χ3n) is 3.22. The first kappa shape index (κ1) is 18.7. The Bertz CT molecular complexity index is 665. The fourth-order valence-corrected chi connectivity index (χ4v) is 2.92. The lowest BCUT2D eigenvalue weighted by molar-refractivity contribution is 0.158. The highest BCUT2D eigenvalue weighted by atomic mass is 35.5. The minimum Gasteiger partial charge on any atom is -0.383 e. The van der Waals surface area contributed by atoms with Crippen LogP contribution in [0.3, 0.4) is 0 Å². The molecule has 2 rings (SSSR count). The van der Waals surface area contributed by atoms with E-state index < -0.39 is 0 Å². The summed E-state index contributed by atoms with van der Waals surface area (Å²) in [5.41, 5.74) is 1.86. The highest BCUT2D eigenvalue weighted by Crippen LogP contribution is 2.16. The van der Waals surface area contributed by atoms with Crippen molar-refractivity contribution < 1.29 is 9.53 Å². The minimum atomic E-state index is -0.288. The molecule has 0 fully saturated rings. The Morgan fingerprint density at radius 1 is 1.46 bits per heavy atom. The maximum absolute atomic E-state index is 11.9. The molecule has 2 amide bonds. The summed E-state index contributed by atoms with van der Waals surface area (Å²) in [4.78, 5) is 18.5. The summed E-state index contributed by atoms with van der Waals surface area (Å²) < 4.78 is 5.05. The van der Waals surface area contributed by atoms with Gasteiger partial charge in [-0.1, -0.05) is 23.7 Å². The molecule has 0 bridgehead atoms. The van der Waals surface area contributed by atoms with E-state index in [-0.39, 0.29) is 6.03 Å². The maximum atomic E-state index is 11.9. The Labute approximate surface area is 150 Å². The molecule has 0 aliphatic rings.